The molecule has 0 N–H and O–H groups in total. The van der Waals surface area contributed by atoms with Crippen molar-refractivity contribution < 1.29 is 18.7 Å². The zero-order chi connectivity index (χ0) is 21.1. The van der Waals surface area contributed by atoms with Crippen molar-refractivity contribution in [3.05, 3.63) is 89.4 Å². The van der Waals surface area contributed by atoms with Gasteiger partial charge in [0.1, 0.15) is 17.7 Å². The summed E-state index contributed by atoms with van der Waals surface area (Å²) < 4.78 is 10.5. The van der Waals surface area contributed by atoms with Crippen LogP contribution in [0.4, 0.5) is 0 Å². The van der Waals surface area contributed by atoms with Crippen molar-refractivity contribution >= 4 is 12.3 Å². The lowest BCUT2D eigenvalue weighted by Gasteiger charge is -2.43. The molecule has 3 aromatic rings. The summed E-state index contributed by atoms with van der Waals surface area (Å²) in [5.41, 5.74) is 2.55. The van der Waals surface area contributed by atoms with Crippen LogP contribution in [0.2, 0.25) is 0 Å². The minimum atomic E-state index is -0.950. The first-order valence-corrected chi connectivity index (χ1v) is 9.85. The molecule has 0 radical (unpaired) electrons. The molecular weight excluding hydrogens is 380 g/mol. The van der Waals surface area contributed by atoms with Crippen LogP contribution in [-0.4, -0.2) is 42.3 Å². The Bertz CT molecular complexity index is 1030. The highest BCUT2D eigenvalue weighted by molar-refractivity contribution is 5.95. The Kier molecular flexibility index (Phi) is 5.31. The third-order valence-electron chi connectivity index (χ3n) is 5.88. The second kappa shape index (κ2) is 8.06. The fraction of sp³-hybridized carbons (Fsp3) is 0.250. The molecule has 4 rings (SSSR count). The summed E-state index contributed by atoms with van der Waals surface area (Å²) in [6, 6.07) is 17.3. The zero-order valence-electron chi connectivity index (χ0n) is 17.1. The van der Waals surface area contributed by atoms with E-state index < -0.39 is 5.66 Å². The Balaban J connectivity index is 1.89. The molecule has 1 atom stereocenters. The highest BCUT2D eigenvalue weighted by Crippen LogP contribution is 2.41. The molecule has 1 unspecified atom stereocenters. The number of nitrogens with zero attached hydrogens (tertiary/aromatic N) is 2. The summed E-state index contributed by atoms with van der Waals surface area (Å²) in [5.74, 6) is 0.547. The van der Waals surface area contributed by atoms with E-state index in [4.69, 9.17) is 9.15 Å². The first-order valence-electron chi connectivity index (χ1n) is 9.85. The van der Waals surface area contributed by atoms with Crippen LogP contribution in [0.1, 0.15) is 27.0 Å². The average molecular weight is 404 g/mol. The third kappa shape index (κ3) is 3.24. The van der Waals surface area contributed by atoms with Crippen LogP contribution in [0.3, 0.4) is 0 Å². The number of ether oxygens (including phenoxy) is 1. The van der Waals surface area contributed by atoms with Crippen molar-refractivity contribution in [3.63, 3.8) is 0 Å². The fourth-order valence-electron chi connectivity index (χ4n) is 4.24. The van der Waals surface area contributed by atoms with Gasteiger partial charge in [0.2, 0.25) is 6.41 Å². The Morgan fingerprint density at radius 2 is 1.90 bits per heavy atom. The van der Waals surface area contributed by atoms with Crippen LogP contribution in [0.5, 0.6) is 5.75 Å². The molecule has 0 saturated carbocycles. The van der Waals surface area contributed by atoms with E-state index in [0.717, 1.165) is 23.1 Å². The minimum absolute atomic E-state index is 0.169. The lowest BCUT2D eigenvalue weighted by Crippen LogP contribution is -2.54. The summed E-state index contributed by atoms with van der Waals surface area (Å²) in [6.45, 7) is 2.92. The number of carbonyl (C=O) groups is 2. The molecule has 0 bridgehead atoms. The molecule has 1 saturated heterocycles. The van der Waals surface area contributed by atoms with Gasteiger partial charge in [0.05, 0.1) is 18.9 Å². The second-order valence-corrected chi connectivity index (χ2v) is 7.42. The summed E-state index contributed by atoms with van der Waals surface area (Å²) in [6.07, 6.45) is 4.25. The van der Waals surface area contributed by atoms with E-state index in [0.29, 0.717) is 30.8 Å². The number of hydrogen-bond acceptors (Lipinski definition) is 4. The Hall–Kier alpha value is -3.54. The van der Waals surface area contributed by atoms with Crippen molar-refractivity contribution in [2.75, 3.05) is 20.2 Å². The summed E-state index contributed by atoms with van der Waals surface area (Å²) in [7, 11) is 1.61. The molecule has 1 aliphatic rings. The second-order valence-electron chi connectivity index (χ2n) is 7.42. The molecule has 30 heavy (non-hydrogen) atoms. The van der Waals surface area contributed by atoms with Gasteiger partial charge in [-0.3, -0.25) is 9.59 Å². The monoisotopic (exact) mass is 404 g/mol. The first kappa shape index (κ1) is 19.8. The Morgan fingerprint density at radius 3 is 2.53 bits per heavy atom. The first-order chi connectivity index (χ1) is 14.6. The molecule has 154 valence electrons. The molecule has 2 amide bonds. The predicted molar refractivity (Wildman–Crippen MR) is 112 cm³/mol. The van der Waals surface area contributed by atoms with Crippen molar-refractivity contribution in [3.8, 4) is 5.75 Å². The average Bonchev–Trinajstić information content (AvgIpc) is 3.44. The highest BCUT2D eigenvalue weighted by atomic mass is 16.5. The Labute approximate surface area is 175 Å². The van der Waals surface area contributed by atoms with Gasteiger partial charge in [-0.15, -0.1) is 0 Å². The SMILES string of the molecule is COc1ccc(C2(Cc3ccccc3C)N(C=O)CCN2C(=O)c2ccoc2)cc1. The molecule has 0 spiro atoms. The number of carbonyl (C=O) groups excluding carboxylic acids is 2. The van der Waals surface area contributed by atoms with Gasteiger partial charge in [-0.05, 0) is 41.8 Å². The standard InChI is InChI=1S/C24H24N2O4/c1-18-5-3-4-6-19(18)15-24(21-7-9-22(29-2)10-8-21)25(17-27)12-13-26(24)23(28)20-11-14-30-16-20/h3-11,14,16-17H,12-13,15H2,1-2H3. The topological polar surface area (TPSA) is 63.0 Å². The van der Waals surface area contributed by atoms with Gasteiger partial charge in [0, 0.05) is 19.5 Å². The normalized spacial score (nSPS) is 18.5. The fourth-order valence-corrected chi connectivity index (χ4v) is 4.24. The Morgan fingerprint density at radius 1 is 1.13 bits per heavy atom. The third-order valence-corrected chi connectivity index (χ3v) is 5.88. The van der Waals surface area contributed by atoms with Crippen LogP contribution >= 0.6 is 0 Å². The van der Waals surface area contributed by atoms with E-state index in [-0.39, 0.29) is 5.91 Å². The molecule has 6 heteroatoms. The van der Waals surface area contributed by atoms with E-state index in [1.807, 2.05) is 55.5 Å². The van der Waals surface area contributed by atoms with Crippen LogP contribution in [-0.2, 0) is 16.9 Å². The number of amides is 2. The van der Waals surface area contributed by atoms with Crippen LogP contribution < -0.4 is 4.74 Å². The molecule has 6 nitrogen and oxygen atoms in total. The van der Waals surface area contributed by atoms with Gasteiger partial charge in [-0.25, -0.2) is 0 Å². The largest absolute Gasteiger partial charge is 0.497 e. The molecule has 2 heterocycles. The summed E-state index contributed by atoms with van der Waals surface area (Å²) >= 11 is 0. The van der Waals surface area contributed by atoms with Gasteiger partial charge in [-0.2, -0.15) is 0 Å². The molecule has 0 aliphatic carbocycles. The molecular formula is C24H24N2O4. The molecule has 1 fully saturated rings. The lowest BCUT2D eigenvalue weighted by atomic mass is 9.88. The van der Waals surface area contributed by atoms with E-state index in [2.05, 4.69) is 0 Å². The maximum absolute atomic E-state index is 13.5. The van der Waals surface area contributed by atoms with E-state index in [1.54, 1.807) is 23.0 Å². The quantitative estimate of drug-likeness (QED) is 0.589. The summed E-state index contributed by atoms with van der Waals surface area (Å²) in [5, 5.41) is 0. The zero-order valence-corrected chi connectivity index (χ0v) is 17.1. The van der Waals surface area contributed by atoms with Gasteiger partial charge in [0.25, 0.3) is 5.91 Å². The van der Waals surface area contributed by atoms with Crippen molar-refractivity contribution in [2.24, 2.45) is 0 Å². The smallest absolute Gasteiger partial charge is 0.259 e. The van der Waals surface area contributed by atoms with E-state index in [1.165, 1.54) is 12.5 Å². The number of aryl methyl sites for hydroxylation is 1. The van der Waals surface area contributed by atoms with Crippen LogP contribution in [0.25, 0.3) is 0 Å². The maximum Gasteiger partial charge on any atom is 0.259 e. The summed E-state index contributed by atoms with van der Waals surface area (Å²) in [4.78, 5) is 29.1. The maximum atomic E-state index is 13.5. The van der Waals surface area contributed by atoms with E-state index >= 15 is 0 Å². The number of rotatable bonds is 6. The van der Waals surface area contributed by atoms with Crippen molar-refractivity contribution in [2.45, 2.75) is 19.0 Å². The van der Waals surface area contributed by atoms with Crippen molar-refractivity contribution in [1.82, 2.24) is 9.80 Å². The minimum Gasteiger partial charge on any atom is -0.497 e. The van der Waals surface area contributed by atoms with Gasteiger partial charge >= 0.3 is 0 Å². The predicted octanol–water partition coefficient (Wildman–Crippen LogP) is 3.61. The number of furan rings is 1. The van der Waals surface area contributed by atoms with Gasteiger partial charge in [0.15, 0.2) is 0 Å². The highest BCUT2D eigenvalue weighted by Gasteiger charge is 2.51. The molecule has 2 aromatic carbocycles. The van der Waals surface area contributed by atoms with Gasteiger partial charge in [-0.1, -0.05) is 36.4 Å². The van der Waals surface area contributed by atoms with Crippen LogP contribution in [0, 0.1) is 6.92 Å². The van der Waals surface area contributed by atoms with Crippen molar-refractivity contribution in [1.29, 1.82) is 0 Å². The molecule has 1 aromatic heterocycles. The molecule has 1 aliphatic heterocycles. The lowest BCUT2D eigenvalue weighted by molar-refractivity contribution is -0.125. The number of methoxy groups -OCH3 is 1. The van der Waals surface area contributed by atoms with Gasteiger partial charge < -0.3 is 19.0 Å². The number of benzene rings is 2. The van der Waals surface area contributed by atoms with Crippen LogP contribution in [0.15, 0.2) is 71.5 Å². The van der Waals surface area contributed by atoms with E-state index in [9.17, 15) is 9.59 Å². The number of hydrogen-bond donors (Lipinski definition) is 0.